The zero-order valence-electron chi connectivity index (χ0n) is 4.74. The molecule has 0 aliphatic heterocycles. The number of carboxylic acid groups (broad SMARTS) is 1. The summed E-state index contributed by atoms with van der Waals surface area (Å²) in [5.74, 6) is -0.879. The van der Waals surface area contributed by atoms with Gasteiger partial charge in [-0.15, -0.1) is 0 Å². The van der Waals surface area contributed by atoms with E-state index in [0.29, 0.717) is 5.56 Å². The summed E-state index contributed by atoms with van der Waals surface area (Å²) in [7, 11) is 0. The van der Waals surface area contributed by atoms with Gasteiger partial charge in [-0.2, -0.15) is 0 Å². The van der Waals surface area contributed by atoms with Gasteiger partial charge in [0.25, 0.3) is 0 Å². The fraction of sp³-hybridized carbons (Fsp3) is 0. The van der Waals surface area contributed by atoms with E-state index in [1.807, 2.05) is 0 Å². The number of benzene rings is 1. The third-order valence-electron chi connectivity index (χ3n) is 1.02. The van der Waals surface area contributed by atoms with Crippen molar-refractivity contribution >= 4 is 109 Å². The number of hydrogen-bond donors (Lipinski definition) is 1. The van der Waals surface area contributed by atoms with E-state index in [1.54, 1.807) is 30.3 Å². The van der Waals surface area contributed by atoms with Crippen LogP contribution in [0.2, 0.25) is 0 Å². The standard InChI is InChI=1S/C7H6O2.2K.2H/c8-7(9)6-4-2-1-3-5-6;;;;/h1-5H,(H,8,9);;;;. The Morgan fingerprint density at radius 1 is 1.09 bits per heavy atom. The second-order valence-corrected chi connectivity index (χ2v) is 1.67. The first kappa shape index (κ1) is 15.4. The van der Waals surface area contributed by atoms with E-state index in [0.717, 1.165) is 0 Å². The van der Waals surface area contributed by atoms with E-state index in [-0.39, 0.29) is 103 Å². The van der Waals surface area contributed by atoms with Crippen molar-refractivity contribution in [2.75, 3.05) is 0 Å². The molecule has 0 atom stereocenters. The van der Waals surface area contributed by atoms with Crippen molar-refractivity contribution in [1.82, 2.24) is 0 Å². The van der Waals surface area contributed by atoms with Crippen molar-refractivity contribution in [3.05, 3.63) is 35.9 Å². The SMILES string of the molecule is O=C(O)c1ccccc1.[KH].[KH]. The predicted molar refractivity (Wildman–Crippen MR) is 47.7 cm³/mol. The maximum absolute atomic E-state index is 10.2. The summed E-state index contributed by atoms with van der Waals surface area (Å²) in [6.45, 7) is 0. The minimum atomic E-state index is -0.879. The minimum absolute atomic E-state index is 0. The first-order valence-electron chi connectivity index (χ1n) is 2.59. The zero-order valence-corrected chi connectivity index (χ0v) is 4.74. The topological polar surface area (TPSA) is 37.3 Å². The maximum atomic E-state index is 10.2. The van der Waals surface area contributed by atoms with E-state index in [2.05, 4.69) is 0 Å². The Hall–Kier alpha value is 1.96. The molecular weight excluding hydrogens is 194 g/mol. The molecule has 1 rings (SSSR count). The average molecular weight is 202 g/mol. The summed E-state index contributed by atoms with van der Waals surface area (Å²) in [4.78, 5) is 10.2. The van der Waals surface area contributed by atoms with Crippen LogP contribution >= 0.6 is 0 Å². The molecule has 11 heavy (non-hydrogen) atoms. The summed E-state index contributed by atoms with van der Waals surface area (Å²) in [5.41, 5.74) is 0.331. The first-order valence-corrected chi connectivity index (χ1v) is 2.59. The molecule has 50 valence electrons. The van der Waals surface area contributed by atoms with Gasteiger partial charge < -0.3 is 5.11 Å². The van der Waals surface area contributed by atoms with Gasteiger partial charge in [-0.1, -0.05) is 18.2 Å². The molecule has 1 N–H and O–H groups in total. The fourth-order valence-electron chi connectivity index (χ4n) is 0.581. The molecule has 0 amide bonds. The van der Waals surface area contributed by atoms with Crippen LogP contribution in [0.4, 0.5) is 0 Å². The second kappa shape index (κ2) is 8.56. The molecule has 0 radical (unpaired) electrons. The van der Waals surface area contributed by atoms with Crippen LogP contribution in [0.5, 0.6) is 0 Å². The van der Waals surface area contributed by atoms with Crippen LogP contribution in [0.15, 0.2) is 30.3 Å². The summed E-state index contributed by atoms with van der Waals surface area (Å²) < 4.78 is 0. The molecule has 0 heterocycles. The average Bonchev–Trinajstić information content (AvgIpc) is 1.90. The molecule has 4 heteroatoms. The molecule has 2 nitrogen and oxygen atoms in total. The van der Waals surface area contributed by atoms with Crippen LogP contribution in [0.25, 0.3) is 0 Å². The molecule has 0 fully saturated rings. The Morgan fingerprint density at radius 3 is 1.82 bits per heavy atom. The normalized spacial score (nSPS) is 7.27. The molecule has 0 aromatic heterocycles. The number of aromatic carboxylic acids is 1. The first-order chi connectivity index (χ1) is 4.30. The van der Waals surface area contributed by atoms with Crippen LogP contribution in [-0.2, 0) is 0 Å². The van der Waals surface area contributed by atoms with Crippen molar-refractivity contribution < 1.29 is 9.90 Å². The molecule has 0 unspecified atom stereocenters. The van der Waals surface area contributed by atoms with Gasteiger partial charge in [0.05, 0.1) is 5.56 Å². The Balaban J connectivity index is 0. The second-order valence-electron chi connectivity index (χ2n) is 1.67. The Bertz CT molecular complexity index is 211. The summed E-state index contributed by atoms with van der Waals surface area (Å²) in [6, 6.07) is 8.30. The van der Waals surface area contributed by atoms with Crippen LogP contribution in [0.1, 0.15) is 10.4 Å². The molecule has 0 aliphatic carbocycles. The van der Waals surface area contributed by atoms with E-state index < -0.39 is 5.97 Å². The third kappa shape index (κ3) is 6.09. The monoisotopic (exact) mass is 202 g/mol. The van der Waals surface area contributed by atoms with Crippen molar-refractivity contribution in [3.63, 3.8) is 0 Å². The van der Waals surface area contributed by atoms with Gasteiger partial charge in [0, 0.05) is 0 Å². The van der Waals surface area contributed by atoms with Crippen LogP contribution in [-0.4, -0.2) is 114 Å². The zero-order chi connectivity index (χ0) is 6.69. The van der Waals surface area contributed by atoms with Crippen molar-refractivity contribution in [1.29, 1.82) is 0 Å². The van der Waals surface area contributed by atoms with Gasteiger partial charge in [-0.3, -0.25) is 0 Å². The molecule has 0 spiro atoms. The molecule has 0 aliphatic rings. The number of hydrogen-bond acceptors (Lipinski definition) is 1. The molecule has 1 aromatic carbocycles. The molecule has 0 saturated heterocycles. The summed E-state index contributed by atoms with van der Waals surface area (Å²) >= 11 is 0. The number of carbonyl (C=O) groups is 1. The van der Waals surface area contributed by atoms with E-state index in [1.165, 1.54) is 0 Å². The van der Waals surface area contributed by atoms with E-state index in [9.17, 15) is 4.79 Å². The number of carboxylic acids is 1. The van der Waals surface area contributed by atoms with Crippen molar-refractivity contribution in [2.45, 2.75) is 0 Å². The summed E-state index contributed by atoms with van der Waals surface area (Å²) in [5, 5.41) is 8.38. The van der Waals surface area contributed by atoms with E-state index >= 15 is 0 Å². The van der Waals surface area contributed by atoms with Crippen molar-refractivity contribution in [2.24, 2.45) is 0 Å². The third-order valence-corrected chi connectivity index (χ3v) is 1.02. The fourth-order valence-corrected chi connectivity index (χ4v) is 0.581. The van der Waals surface area contributed by atoms with Crippen LogP contribution < -0.4 is 0 Å². The quantitative estimate of drug-likeness (QED) is 0.655. The van der Waals surface area contributed by atoms with Gasteiger partial charge in [0.15, 0.2) is 0 Å². The Morgan fingerprint density at radius 2 is 1.55 bits per heavy atom. The molecule has 1 aromatic rings. The van der Waals surface area contributed by atoms with Gasteiger partial charge in [-0.05, 0) is 12.1 Å². The van der Waals surface area contributed by atoms with Gasteiger partial charge in [-0.25, -0.2) is 4.79 Å². The number of rotatable bonds is 1. The Labute approximate surface area is 151 Å². The van der Waals surface area contributed by atoms with Crippen molar-refractivity contribution in [3.8, 4) is 0 Å². The molecule has 0 saturated carbocycles. The Kier molecular flexibility index (Phi) is 12.0. The van der Waals surface area contributed by atoms with Crippen LogP contribution in [0, 0.1) is 0 Å². The molecule has 0 bridgehead atoms. The van der Waals surface area contributed by atoms with E-state index in [4.69, 9.17) is 5.11 Å². The molecular formula is C7H8K2O2. The summed E-state index contributed by atoms with van der Waals surface area (Å²) in [6.07, 6.45) is 0. The van der Waals surface area contributed by atoms with Gasteiger partial charge >= 0.3 is 109 Å². The van der Waals surface area contributed by atoms with Gasteiger partial charge in [0.2, 0.25) is 0 Å². The van der Waals surface area contributed by atoms with Crippen LogP contribution in [0.3, 0.4) is 0 Å². The van der Waals surface area contributed by atoms with Gasteiger partial charge in [0.1, 0.15) is 0 Å². The predicted octanol–water partition coefficient (Wildman–Crippen LogP) is 0.0878.